The predicted octanol–water partition coefficient (Wildman–Crippen LogP) is 4.06. The molecule has 0 aromatic heterocycles. The monoisotopic (exact) mass is 347 g/mol. The Hall–Kier alpha value is -2.04. The van der Waals surface area contributed by atoms with Crippen LogP contribution in [0.1, 0.15) is 58.1 Å². The maximum absolute atomic E-state index is 12.3. The summed E-state index contributed by atoms with van der Waals surface area (Å²) in [6.45, 7) is 10.1. The van der Waals surface area contributed by atoms with E-state index in [9.17, 15) is 14.7 Å². The van der Waals surface area contributed by atoms with Gasteiger partial charge in [-0.3, -0.25) is 4.90 Å². The smallest absolute Gasteiger partial charge is 0.411 e. The minimum Gasteiger partial charge on any atom is -0.480 e. The summed E-state index contributed by atoms with van der Waals surface area (Å²) in [5, 5.41) is 9.46. The molecule has 1 N–H and O–H groups in total. The number of nitrogens with zero attached hydrogens (tertiary/aromatic N) is 1. The summed E-state index contributed by atoms with van der Waals surface area (Å²) in [6.07, 6.45) is 0.680. The fourth-order valence-corrected chi connectivity index (χ4v) is 3.20. The second-order valence-electron chi connectivity index (χ2n) is 8.19. The van der Waals surface area contributed by atoms with Gasteiger partial charge in [-0.1, -0.05) is 38.1 Å². The van der Waals surface area contributed by atoms with Crippen molar-refractivity contribution in [3.8, 4) is 0 Å². The van der Waals surface area contributed by atoms with E-state index in [1.165, 1.54) is 16.0 Å². The van der Waals surface area contributed by atoms with E-state index >= 15 is 0 Å². The average molecular weight is 347 g/mol. The summed E-state index contributed by atoms with van der Waals surface area (Å²) >= 11 is 0. The normalized spacial score (nSPS) is 20.8. The summed E-state index contributed by atoms with van der Waals surface area (Å²) in [7, 11) is 0. The van der Waals surface area contributed by atoms with Gasteiger partial charge in [-0.2, -0.15) is 0 Å². The van der Waals surface area contributed by atoms with Gasteiger partial charge < -0.3 is 9.84 Å². The summed E-state index contributed by atoms with van der Waals surface area (Å²) < 4.78 is 5.37. The Morgan fingerprint density at radius 3 is 2.32 bits per heavy atom. The largest absolute Gasteiger partial charge is 0.480 e. The van der Waals surface area contributed by atoms with Crippen LogP contribution in [0.15, 0.2) is 24.3 Å². The lowest BCUT2D eigenvalue weighted by molar-refractivity contribution is -0.142. The van der Waals surface area contributed by atoms with E-state index in [4.69, 9.17) is 4.74 Å². The molecule has 25 heavy (non-hydrogen) atoms. The van der Waals surface area contributed by atoms with Gasteiger partial charge in [0.1, 0.15) is 11.6 Å². The molecule has 2 atom stereocenters. The van der Waals surface area contributed by atoms with Crippen LogP contribution in [-0.4, -0.2) is 40.3 Å². The molecule has 1 aliphatic rings. The highest BCUT2D eigenvalue weighted by Gasteiger charge is 2.41. The molecule has 0 saturated carbocycles. The van der Waals surface area contributed by atoms with Gasteiger partial charge in [0.05, 0.1) is 0 Å². The summed E-state index contributed by atoms with van der Waals surface area (Å²) in [5.41, 5.74) is 1.82. The average Bonchev–Trinajstić information content (AvgIpc) is 2.90. The zero-order chi connectivity index (χ0) is 18.8. The Morgan fingerprint density at radius 2 is 1.84 bits per heavy atom. The molecule has 5 nitrogen and oxygen atoms in total. The molecule has 1 amide bonds. The van der Waals surface area contributed by atoms with Gasteiger partial charge >= 0.3 is 12.1 Å². The van der Waals surface area contributed by atoms with Crippen molar-refractivity contribution < 1.29 is 19.4 Å². The van der Waals surface area contributed by atoms with E-state index < -0.39 is 23.7 Å². The number of hydrogen-bond donors (Lipinski definition) is 1. The first-order valence-corrected chi connectivity index (χ1v) is 8.88. The molecular weight excluding hydrogens is 318 g/mol. The first-order chi connectivity index (χ1) is 11.6. The van der Waals surface area contributed by atoms with Crippen molar-refractivity contribution in [3.63, 3.8) is 0 Å². The number of hydrogen-bond acceptors (Lipinski definition) is 3. The molecule has 1 aromatic rings. The van der Waals surface area contributed by atoms with E-state index in [0.29, 0.717) is 18.9 Å². The standard InChI is InChI=1S/C20H29NO4/c1-13(2)16-8-6-14(7-9-16)10-15-11-17(18(22)23)21(12-15)19(24)25-20(3,4)5/h6-9,13,15,17H,10-12H2,1-5H3,(H,22,23)/t15-,17-/m0/s1. The Morgan fingerprint density at radius 1 is 1.24 bits per heavy atom. The third-order valence-electron chi connectivity index (χ3n) is 4.47. The number of aliphatic carboxylic acids is 1. The Labute approximate surface area is 150 Å². The summed E-state index contributed by atoms with van der Waals surface area (Å²) in [4.78, 5) is 25.2. The number of carbonyl (C=O) groups excluding carboxylic acids is 1. The van der Waals surface area contributed by atoms with Crippen LogP contribution in [0.5, 0.6) is 0 Å². The van der Waals surface area contributed by atoms with Crippen molar-refractivity contribution in [2.45, 2.75) is 65.0 Å². The quantitative estimate of drug-likeness (QED) is 0.892. The van der Waals surface area contributed by atoms with Crippen molar-refractivity contribution in [3.05, 3.63) is 35.4 Å². The number of carbonyl (C=O) groups is 2. The lowest BCUT2D eigenvalue weighted by Gasteiger charge is -2.26. The van der Waals surface area contributed by atoms with E-state index in [1.807, 2.05) is 0 Å². The van der Waals surface area contributed by atoms with Crippen LogP contribution in [0.4, 0.5) is 4.79 Å². The van der Waals surface area contributed by atoms with Gasteiger partial charge in [0.25, 0.3) is 0 Å². The molecule has 138 valence electrons. The molecule has 0 unspecified atom stereocenters. The van der Waals surface area contributed by atoms with Crippen LogP contribution in [0.2, 0.25) is 0 Å². The summed E-state index contributed by atoms with van der Waals surface area (Å²) in [6, 6.07) is 7.63. The SMILES string of the molecule is CC(C)c1ccc(C[C@H]2C[C@@H](C(=O)O)N(C(=O)OC(C)(C)C)C2)cc1. The van der Waals surface area contributed by atoms with E-state index in [1.54, 1.807) is 20.8 Å². The molecule has 1 aromatic carbocycles. The van der Waals surface area contributed by atoms with Crippen molar-refractivity contribution >= 4 is 12.1 Å². The van der Waals surface area contributed by atoms with Gasteiger partial charge in [0.2, 0.25) is 0 Å². The minimum atomic E-state index is -0.969. The van der Waals surface area contributed by atoms with Crippen LogP contribution in [-0.2, 0) is 16.0 Å². The fourth-order valence-electron chi connectivity index (χ4n) is 3.20. The molecule has 2 rings (SSSR count). The van der Waals surface area contributed by atoms with Gasteiger partial charge in [0.15, 0.2) is 0 Å². The predicted molar refractivity (Wildman–Crippen MR) is 96.7 cm³/mol. The number of likely N-dealkylation sites (tertiary alicyclic amines) is 1. The maximum atomic E-state index is 12.3. The van der Waals surface area contributed by atoms with E-state index in [2.05, 4.69) is 38.1 Å². The molecular formula is C20H29NO4. The Kier molecular flexibility index (Phi) is 5.76. The molecule has 5 heteroatoms. The molecule has 1 aliphatic heterocycles. The van der Waals surface area contributed by atoms with Crippen molar-refractivity contribution in [1.82, 2.24) is 4.90 Å². The molecule has 0 bridgehead atoms. The Bertz CT molecular complexity index is 616. The molecule has 0 radical (unpaired) electrons. The number of ether oxygens (including phenoxy) is 1. The Balaban J connectivity index is 2.06. The number of rotatable bonds is 4. The van der Waals surface area contributed by atoms with Crippen molar-refractivity contribution in [2.24, 2.45) is 5.92 Å². The van der Waals surface area contributed by atoms with Crippen LogP contribution < -0.4 is 0 Å². The first kappa shape index (κ1) is 19.3. The highest BCUT2D eigenvalue weighted by atomic mass is 16.6. The number of carboxylic acid groups (broad SMARTS) is 1. The van der Waals surface area contributed by atoms with Crippen molar-refractivity contribution in [2.75, 3.05) is 6.54 Å². The van der Waals surface area contributed by atoms with Crippen LogP contribution in [0, 0.1) is 5.92 Å². The number of carboxylic acids is 1. The van der Waals surface area contributed by atoms with Crippen molar-refractivity contribution in [1.29, 1.82) is 0 Å². The molecule has 0 spiro atoms. The van der Waals surface area contributed by atoms with Crippen LogP contribution >= 0.6 is 0 Å². The first-order valence-electron chi connectivity index (χ1n) is 8.88. The van der Waals surface area contributed by atoms with Crippen LogP contribution in [0.3, 0.4) is 0 Å². The lowest BCUT2D eigenvalue weighted by Crippen LogP contribution is -2.43. The second-order valence-corrected chi connectivity index (χ2v) is 8.19. The van der Waals surface area contributed by atoms with Gasteiger partial charge in [-0.05, 0) is 56.6 Å². The van der Waals surface area contributed by atoms with Gasteiger partial charge in [-0.15, -0.1) is 0 Å². The lowest BCUT2D eigenvalue weighted by atomic mass is 9.94. The zero-order valence-electron chi connectivity index (χ0n) is 15.8. The minimum absolute atomic E-state index is 0.124. The second kappa shape index (κ2) is 7.46. The maximum Gasteiger partial charge on any atom is 0.411 e. The highest BCUT2D eigenvalue weighted by Crippen LogP contribution is 2.29. The molecule has 1 heterocycles. The van der Waals surface area contributed by atoms with E-state index in [0.717, 1.165) is 6.42 Å². The zero-order valence-corrected chi connectivity index (χ0v) is 15.8. The highest BCUT2D eigenvalue weighted by molar-refractivity contribution is 5.81. The molecule has 0 aliphatic carbocycles. The fraction of sp³-hybridized carbons (Fsp3) is 0.600. The third kappa shape index (κ3) is 5.21. The third-order valence-corrected chi connectivity index (χ3v) is 4.47. The van der Waals surface area contributed by atoms with E-state index in [-0.39, 0.29) is 5.92 Å². The van der Waals surface area contributed by atoms with Crippen LogP contribution in [0.25, 0.3) is 0 Å². The number of benzene rings is 1. The molecule has 1 saturated heterocycles. The van der Waals surface area contributed by atoms with Gasteiger partial charge in [-0.25, -0.2) is 9.59 Å². The van der Waals surface area contributed by atoms with Gasteiger partial charge in [0, 0.05) is 6.54 Å². The topological polar surface area (TPSA) is 66.8 Å². The summed E-state index contributed by atoms with van der Waals surface area (Å²) in [5.74, 6) is -0.360. The molecule has 1 fully saturated rings. The number of amides is 1.